The molecule has 1 heterocycles. The summed E-state index contributed by atoms with van der Waals surface area (Å²) in [4.78, 5) is 2.21. The van der Waals surface area contributed by atoms with E-state index < -0.39 is 0 Å². The van der Waals surface area contributed by atoms with Gasteiger partial charge in [-0.2, -0.15) is 0 Å². The first kappa shape index (κ1) is 13.5. The second-order valence-corrected chi connectivity index (χ2v) is 5.08. The second kappa shape index (κ2) is 5.78. The van der Waals surface area contributed by atoms with E-state index in [1.165, 1.54) is 6.07 Å². The molecule has 0 aliphatic carbocycles. The fourth-order valence-corrected chi connectivity index (χ4v) is 2.91. The van der Waals surface area contributed by atoms with Crippen molar-refractivity contribution in [1.29, 1.82) is 0 Å². The Labute approximate surface area is 107 Å². The number of aliphatic hydroxyl groups is 1. The van der Waals surface area contributed by atoms with E-state index >= 15 is 0 Å². The average Bonchev–Trinajstić information content (AvgIpc) is 2.77. The zero-order valence-electron chi connectivity index (χ0n) is 10.7. The van der Waals surface area contributed by atoms with Crippen LogP contribution in [-0.2, 0) is 0 Å². The highest BCUT2D eigenvalue weighted by Crippen LogP contribution is 2.31. The van der Waals surface area contributed by atoms with Gasteiger partial charge >= 0.3 is 0 Å². The Morgan fingerprint density at radius 3 is 2.94 bits per heavy atom. The van der Waals surface area contributed by atoms with Crippen LogP contribution >= 0.6 is 0 Å². The van der Waals surface area contributed by atoms with E-state index in [4.69, 9.17) is 5.73 Å². The van der Waals surface area contributed by atoms with Crippen LogP contribution in [0.25, 0.3) is 0 Å². The lowest BCUT2D eigenvalue weighted by molar-refractivity contribution is 0.108. The molecule has 0 spiro atoms. The van der Waals surface area contributed by atoms with Gasteiger partial charge in [-0.25, -0.2) is 4.39 Å². The highest BCUT2D eigenvalue weighted by molar-refractivity contribution is 5.22. The molecule has 3 nitrogen and oxygen atoms in total. The fraction of sp³-hybridized carbons (Fsp3) is 0.571. The van der Waals surface area contributed by atoms with Crippen molar-refractivity contribution in [1.82, 2.24) is 4.90 Å². The summed E-state index contributed by atoms with van der Waals surface area (Å²) in [5.41, 5.74) is 6.96. The van der Waals surface area contributed by atoms with Gasteiger partial charge < -0.3 is 10.8 Å². The topological polar surface area (TPSA) is 49.5 Å². The van der Waals surface area contributed by atoms with E-state index in [1.54, 1.807) is 12.1 Å². The quantitative estimate of drug-likeness (QED) is 0.857. The molecule has 3 N–H and O–H groups in total. The summed E-state index contributed by atoms with van der Waals surface area (Å²) in [6, 6.07) is 6.62. The van der Waals surface area contributed by atoms with Crippen LogP contribution < -0.4 is 5.73 Å². The normalized spacial score (nSPS) is 24.1. The highest BCUT2D eigenvalue weighted by atomic mass is 19.1. The summed E-state index contributed by atoms with van der Waals surface area (Å²) in [6.07, 6.45) is 2.04. The van der Waals surface area contributed by atoms with Crippen molar-refractivity contribution in [3.8, 4) is 0 Å². The van der Waals surface area contributed by atoms with E-state index in [9.17, 15) is 9.50 Å². The molecule has 1 saturated heterocycles. The minimum absolute atomic E-state index is 0.0275. The van der Waals surface area contributed by atoms with Gasteiger partial charge in [0.15, 0.2) is 0 Å². The first-order valence-corrected chi connectivity index (χ1v) is 6.51. The summed E-state index contributed by atoms with van der Waals surface area (Å²) < 4.78 is 13.3. The lowest BCUT2D eigenvalue weighted by Crippen LogP contribution is -2.43. The molecule has 1 aliphatic rings. The van der Waals surface area contributed by atoms with Crippen LogP contribution in [0.2, 0.25) is 0 Å². The number of nitrogens with two attached hydrogens (primary N) is 1. The van der Waals surface area contributed by atoms with Crippen molar-refractivity contribution < 1.29 is 9.50 Å². The second-order valence-electron chi connectivity index (χ2n) is 5.08. The number of hydrogen-bond donors (Lipinski definition) is 2. The molecule has 0 aromatic heterocycles. The molecule has 18 heavy (non-hydrogen) atoms. The molecule has 1 aromatic carbocycles. The number of likely N-dealkylation sites (tertiary alicyclic amines) is 1. The van der Waals surface area contributed by atoms with Crippen LogP contribution in [-0.4, -0.2) is 35.2 Å². The zero-order valence-corrected chi connectivity index (χ0v) is 10.7. The lowest BCUT2D eigenvalue weighted by Gasteiger charge is -2.35. The zero-order chi connectivity index (χ0) is 13.1. The molecule has 4 heteroatoms. The molecule has 0 amide bonds. The Balaban J connectivity index is 2.28. The smallest absolute Gasteiger partial charge is 0.123 e. The minimum atomic E-state index is -0.238. The van der Waals surface area contributed by atoms with Crippen molar-refractivity contribution in [3.63, 3.8) is 0 Å². The molecule has 2 rings (SSSR count). The first-order chi connectivity index (χ1) is 8.63. The molecule has 0 bridgehead atoms. The number of nitrogens with zero attached hydrogens (tertiary/aromatic N) is 1. The van der Waals surface area contributed by atoms with E-state index in [0.29, 0.717) is 0 Å². The Bertz CT molecular complexity index is 397. The van der Waals surface area contributed by atoms with Gasteiger partial charge in [0.2, 0.25) is 0 Å². The van der Waals surface area contributed by atoms with Gasteiger partial charge in [-0.3, -0.25) is 4.90 Å². The van der Waals surface area contributed by atoms with Crippen LogP contribution in [0.1, 0.15) is 31.4 Å². The third-order valence-corrected chi connectivity index (χ3v) is 3.68. The predicted octanol–water partition coefficient (Wildman–Crippen LogP) is 1.67. The fourth-order valence-electron chi connectivity index (χ4n) is 2.91. The Morgan fingerprint density at radius 2 is 2.33 bits per heavy atom. The Kier molecular flexibility index (Phi) is 4.32. The van der Waals surface area contributed by atoms with Crippen molar-refractivity contribution in [2.75, 3.05) is 13.2 Å². The molecule has 100 valence electrons. The number of aliphatic hydroxyl groups excluding tert-OH is 1. The summed E-state index contributed by atoms with van der Waals surface area (Å²) in [7, 11) is 0. The summed E-state index contributed by atoms with van der Waals surface area (Å²) in [6.45, 7) is 2.98. The SMILES string of the molecule is CC(N)C(c1cccc(F)c1)N1CCCC1CO. The largest absolute Gasteiger partial charge is 0.395 e. The standard InChI is InChI=1S/C14H21FN2O/c1-10(16)14(11-4-2-5-12(15)8-11)17-7-3-6-13(17)9-18/h2,4-5,8,10,13-14,18H,3,6-7,9,16H2,1H3. The molecular formula is C14H21FN2O. The molecule has 0 saturated carbocycles. The van der Waals surface area contributed by atoms with E-state index in [0.717, 1.165) is 24.9 Å². The maximum Gasteiger partial charge on any atom is 0.123 e. The van der Waals surface area contributed by atoms with Gasteiger partial charge in [0.25, 0.3) is 0 Å². The van der Waals surface area contributed by atoms with Crippen LogP contribution in [0, 0.1) is 5.82 Å². The van der Waals surface area contributed by atoms with Crippen LogP contribution in [0.15, 0.2) is 24.3 Å². The maximum absolute atomic E-state index is 13.3. The van der Waals surface area contributed by atoms with E-state index in [2.05, 4.69) is 4.90 Å². The molecule has 1 aromatic rings. The molecule has 1 aliphatic heterocycles. The molecule has 3 atom stereocenters. The predicted molar refractivity (Wildman–Crippen MR) is 69.6 cm³/mol. The highest BCUT2D eigenvalue weighted by Gasteiger charge is 2.33. The minimum Gasteiger partial charge on any atom is -0.395 e. The van der Waals surface area contributed by atoms with Gasteiger partial charge in [-0.15, -0.1) is 0 Å². The lowest BCUT2D eigenvalue weighted by atomic mass is 9.98. The van der Waals surface area contributed by atoms with Gasteiger partial charge in [0, 0.05) is 12.1 Å². The van der Waals surface area contributed by atoms with Crippen molar-refractivity contribution in [3.05, 3.63) is 35.6 Å². The van der Waals surface area contributed by atoms with Crippen molar-refractivity contribution >= 4 is 0 Å². The van der Waals surface area contributed by atoms with Crippen molar-refractivity contribution in [2.24, 2.45) is 5.73 Å². The third-order valence-electron chi connectivity index (χ3n) is 3.68. The number of rotatable bonds is 4. The van der Waals surface area contributed by atoms with Crippen LogP contribution in [0.5, 0.6) is 0 Å². The molecular weight excluding hydrogens is 231 g/mol. The maximum atomic E-state index is 13.3. The average molecular weight is 252 g/mol. The first-order valence-electron chi connectivity index (χ1n) is 6.51. The molecule has 0 radical (unpaired) electrons. The van der Waals surface area contributed by atoms with Gasteiger partial charge in [0.05, 0.1) is 12.6 Å². The monoisotopic (exact) mass is 252 g/mol. The van der Waals surface area contributed by atoms with E-state index in [-0.39, 0.29) is 30.5 Å². The van der Waals surface area contributed by atoms with Crippen molar-refractivity contribution in [2.45, 2.75) is 37.9 Å². The number of halogens is 1. The van der Waals surface area contributed by atoms with Gasteiger partial charge in [-0.05, 0) is 44.0 Å². The van der Waals surface area contributed by atoms with Gasteiger partial charge in [-0.1, -0.05) is 12.1 Å². The number of benzene rings is 1. The summed E-state index contributed by atoms with van der Waals surface area (Å²) in [5.74, 6) is -0.238. The summed E-state index contributed by atoms with van der Waals surface area (Å²) >= 11 is 0. The molecule has 1 fully saturated rings. The molecule has 3 unspecified atom stereocenters. The third kappa shape index (κ3) is 2.71. The van der Waals surface area contributed by atoms with Gasteiger partial charge in [0.1, 0.15) is 5.82 Å². The Morgan fingerprint density at radius 1 is 1.56 bits per heavy atom. The van der Waals surface area contributed by atoms with Crippen LogP contribution in [0.4, 0.5) is 4.39 Å². The summed E-state index contributed by atoms with van der Waals surface area (Å²) in [5, 5.41) is 9.41. The Hall–Kier alpha value is -0.970. The van der Waals surface area contributed by atoms with E-state index in [1.807, 2.05) is 13.0 Å². The van der Waals surface area contributed by atoms with Crippen LogP contribution in [0.3, 0.4) is 0 Å². The number of hydrogen-bond acceptors (Lipinski definition) is 3.